The Morgan fingerprint density at radius 3 is 2.82 bits per heavy atom. The van der Waals surface area contributed by atoms with E-state index in [1.165, 1.54) is 9.75 Å². The minimum absolute atomic E-state index is 0.689. The third-order valence-electron chi connectivity index (χ3n) is 1.37. The highest BCUT2D eigenvalue weighted by atomic mass is 32.1. The van der Waals surface area contributed by atoms with E-state index in [1.807, 2.05) is 0 Å². The van der Waals surface area contributed by atoms with Crippen molar-refractivity contribution in [2.24, 2.45) is 4.99 Å². The minimum Gasteiger partial charge on any atom is -0.227 e. The summed E-state index contributed by atoms with van der Waals surface area (Å²) in [5, 5.41) is 2.36. The quantitative estimate of drug-likeness (QED) is 0.518. The SMILES string of the molecule is CCc1ccc(CN=C=S)s1. The Hall–Kier alpha value is -0.500. The van der Waals surface area contributed by atoms with Crippen molar-refractivity contribution in [3.8, 4) is 0 Å². The zero-order valence-electron chi connectivity index (χ0n) is 6.33. The lowest BCUT2D eigenvalue weighted by Gasteiger charge is -1.85. The van der Waals surface area contributed by atoms with Gasteiger partial charge in [0.2, 0.25) is 0 Å². The van der Waals surface area contributed by atoms with E-state index in [9.17, 15) is 0 Å². The Kier molecular flexibility index (Phi) is 3.43. The van der Waals surface area contributed by atoms with Crippen LogP contribution >= 0.6 is 23.6 Å². The van der Waals surface area contributed by atoms with Gasteiger partial charge in [0.15, 0.2) is 0 Å². The summed E-state index contributed by atoms with van der Waals surface area (Å²) in [5.41, 5.74) is 0. The summed E-state index contributed by atoms with van der Waals surface area (Å²) in [6.07, 6.45) is 1.10. The van der Waals surface area contributed by atoms with Crippen LogP contribution in [-0.2, 0) is 13.0 Å². The van der Waals surface area contributed by atoms with Crippen molar-refractivity contribution in [3.63, 3.8) is 0 Å². The number of hydrogen-bond donors (Lipinski definition) is 0. The monoisotopic (exact) mass is 183 g/mol. The van der Waals surface area contributed by atoms with Crippen molar-refractivity contribution in [3.05, 3.63) is 21.9 Å². The van der Waals surface area contributed by atoms with Crippen LogP contribution in [0.5, 0.6) is 0 Å². The fourth-order valence-corrected chi connectivity index (χ4v) is 1.75. The van der Waals surface area contributed by atoms with Gasteiger partial charge < -0.3 is 0 Å². The molecule has 0 aliphatic rings. The Morgan fingerprint density at radius 2 is 2.27 bits per heavy atom. The molecule has 0 bridgehead atoms. The van der Waals surface area contributed by atoms with Crippen LogP contribution in [0.3, 0.4) is 0 Å². The van der Waals surface area contributed by atoms with Crippen LogP contribution in [0.2, 0.25) is 0 Å². The van der Waals surface area contributed by atoms with Gasteiger partial charge in [-0.05, 0) is 30.8 Å². The van der Waals surface area contributed by atoms with Gasteiger partial charge in [0.05, 0.1) is 11.7 Å². The number of isothiocyanates is 1. The largest absolute Gasteiger partial charge is 0.227 e. The first-order valence-corrected chi connectivity index (χ1v) is 4.70. The molecule has 0 aliphatic carbocycles. The first kappa shape index (κ1) is 8.60. The normalized spacial score (nSPS) is 9.18. The summed E-state index contributed by atoms with van der Waals surface area (Å²) >= 11 is 6.27. The lowest BCUT2D eigenvalue weighted by atomic mass is 10.4. The van der Waals surface area contributed by atoms with E-state index >= 15 is 0 Å². The van der Waals surface area contributed by atoms with Gasteiger partial charge in [-0.2, -0.15) is 0 Å². The van der Waals surface area contributed by atoms with Crippen molar-refractivity contribution < 1.29 is 0 Å². The predicted octanol–water partition coefficient (Wildman–Crippen LogP) is 2.91. The molecule has 0 aliphatic heterocycles. The summed E-state index contributed by atoms with van der Waals surface area (Å²) in [5.74, 6) is 0. The van der Waals surface area contributed by atoms with Gasteiger partial charge in [-0.3, -0.25) is 0 Å². The molecule has 0 unspecified atom stereocenters. The molecule has 1 rings (SSSR count). The summed E-state index contributed by atoms with van der Waals surface area (Å²) in [6, 6.07) is 4.23. The Labute approximate surface area is 75.8 Å². The highest BCUT2D eigenvalue weighted by Crippen LogP contribution is 2.17. The second kappa shape index (κ2) is 4.39. The first-order chi connectivity index (χ1) is 5.36. The van der Waals surface area contributed by atoms with Crippen LogP contribution in [0.15, 0.2) is 17.1 Å². The maximum Gasteiger partial charge on any atom is 0.0836 e. The van der Waals surface area contributed by atoms with Crippen molar-refractivity contribution >= 4 is 28.7 Å². The molecule has 0 atom stereocenters. The highest BCUT2D eigenvalue weighted by Gasteiger charge is 1.95. The molecule has 0 aromatic carbocycles. The predicted molar refractivity (Wildman–Crippen MR) is 52.4 cm³/mol. The summed E-state index contributed by atoms with van der Waals surface area (Å²) < 4.78 is 0. The lowest BCUT2D eigenvalue weighted by molar-refractivity contribution is 1.12. The fraction of sp³-hybridized carbons (Fsp3) is 0.375. The second-order valence-electron chi connectivity index (χ2n) is 2.13. The molecular formula is C8H9NS2. The number of nitrogens with zero attached hydrogens (tertiary/aromatic N) is 1. The van der Waals surface area contributed by atoms with Crippen LogP contribution in [-0.4, -0.2) is 5.16 Å². The molecule has 1 aromatic heterocycles. The van der Waals surface area contributed by atoms with E-state index in [2.05, 4.69) is 41.4 Å². The van der Waals surface area contributed by atoms with Gasteiger partial charge in [0.25, 0.3) is 0 Å². The van der Waals surface area contributed by atoms with Crippen molar-refractivity contribution in [2.75, 3.05) is 0 Å². The number of aryl methyl sites for hydroxylation is 1. The van der Waals surface area contributed by atoms with Crippen LogP contribution in [0.1, 0.15) is 16.7 Å². The minimum atomic E-state index is 0.689. The molecule has 0 amide bonds. The van der Waals surface area contributed by atoms with Gasteiger partial charge in [-0.1, -0.05) is 6.92 Å². The van der Waals surface area contributed by atoms with Crippen LogP contribution in [0, 0.1) is 0 Å². The van der Waals surface area contributed by atoms with E-state index in [0.29, 0.717) is 6.54 Å². The van der Waals surface area contributed by atoms with Crippen molar-refractivity contribution in [1.29, 1.82) is 0 Å². The Balaban J connectivity index is 2.64. The fourth-order valence-electron chi connectivity index (χ4n) is 0.808. The smallest absolute Gasteiger partial charge is 0.0836 e. The Bertz CT molecular complexity index is 271. The molecule has 0 radical (unpaired) electrons. The average molecular weight is 183 g/mol. The summed E-state index contributed by atoms with van der Waals surface area (Å²) in [6.45, 7) is 2.84. The maximum absolute atomic E-state index is 4.47. The molecule has 1 aromatic rings. The van der Waals surface area contributed by atoms with Gasteiger partial charge in [0.1, 0.15) is 0 Å². The zero-order valence-corrected chi connectivity index (χ0v) is 7.97. The molecule has 0 N–H and O–H groups in total. The van der Waals surface area contributed by atoms with E-state index in [-0.39, 0.29) is 0 Å². The van der Waals surface area contributed by atoms with Crippen LogP contribution < -0.4 is 0 Å². The molecule has 0 saturated carbocycles. The summed E-state index contributed by atoms with van der Waals surface area (Å²) in [7, 11) is 0. The number of thiophene rings is 1. The second-order valence-corrected chi connectivity index (χ2v) is 3.56. The molecule has 1 heterocycles. The number of thiocarbonyl (C=S) groups is 1. The van der Waals surface area contributed by atoms with Gasteiger partial charge in [0, 0.05) is 9.75 Å². The van der Waals surface area contributed by atoms with Crippen molar-refractivity contribution in [2.45, 2.75) is 19.9 Å². The third-order valence-corrected chi connectivity index (χ3v) is 2.71. The van der Waals surface area contributed by atoms with E-state index in [0.717, 1.165) is 6.42 Å². The zero-order chi connectivity index (χ0) is 8.10. The standard InChI is InChI=1S/C8H9NS2/c1-2-7-3-4-8(11-7)5-9-6-10/h3-4H,2,5H2,1H3. The van der Waals surface area contributed by atoms with Gasteiger partial charge >= 0.3 is 0 Å². The van der Waals surface area contributed by atoms with Crippen LogP contribution in [0.4, 0.5) is 0 Å². The van der Waals surface area contributed by atoms with E-state index < -0.39 is 0 Å². The molecule has 3 heteroatoms. The van der Waals surface area contributed by atoms with E-state index in [4.69, 9.17) is 0 Å². The number of rotatable bonds is 3. The molecule has 11 heavy (non-hydrogen) atoms. The topological polar surface area (TPSA) is 12.4 Å². The van der Waals surface area contributed by atoms with Crippen molar-refractivity contribution in [1.82, 2.24) is 0 Å². The highest BCUT2D eigenvalue weighted by molar-refractivity contribution is 7.78. The average Bonchev–Trinajstić information content (AvgIpc) is 2.48. The third kappa shape index (κ3) is 2.54. The molecule has 58 valence electrons. The Morgan fingerprint density at radius 1 is 1.55 bits per heavy atom. The summed E-state index contributed by atoms with van der Waals surface area (Å²) in [4.78, 5) is 6.53. The number of aliphatic imine (C=N–C) groups is 1. The maximum atomic E-state index is 4.47. The van der Waals surface area contributed by atoms with E-state index in [1.54, 1.807) is 11.3 Å². The van der Waals surface area contributed by atoms with Crippen LogP contribution in [0.25, 0.3) is 0 Å². The molecule has 0 saturated heterocycles. The molecule has 0 spiro atoms. The lowest BCUT2D eigenvalue weighted by Crippen LogP contribution is -1.69. The first-order valence-electron chi connectivity index (χ1n) is 3.48. The van der Waals surface area contributed by atoms with Gasteiger partial charge in [-0.15, -0.1) is 11.3 Å². The number of hydrogen-bond acceptors (Lipinski definition) is 3. The molecule has 0 fully saturated rings. The molecule has 1 nitrogen and oxygen atoms in total. The van der Waals surface area contributed by atoms with Gasteiger partial charge in [-0.25, -0.2) is 4.99 Å². The molecular weight excluding hydrogens is 174 g/mol.